The molecule has 0 saturated heterocycles. The molecule has 0 saturated carbocycles. The third-order valence-electron chi connectivity index (χ3n) is 6.70. The van der Waals surface area contributed by atoms with Gasteiger partial charge in [0.1, 0.15) is 10.7 Å². The van der Waals surface area contributed by atoms with Gasteiger partial charge in [-0.2, -0.15) is 21.6 Å². The van der Waals surface area contributed by atoms with E-state index in [4.69, 9.17) is 13.3 Å². The molecule has 0 spiro atoms. The number of hydrogen-bond donors (Lipinski definition) is 0. The fourth-order valence-electron chi connectivity index (χ4n) is 4.51. The molecule has 0 aliphatic rings. The summed E-state index contributed by atoms with van der Waals surface area (Å²) in [7, 11) is -3.38. The number of hydrogen-bond acceptors (Lipinski definition) is 6. The number of halogens is 3. The molecule has 0 radical (unpaired) electrons. The highest BCUT2D eigenvalue weighted by molar-refractivity contribution is 7.87. The van der Waals surface area contributed by atoms with E-state index in [0.29, 0.717) is 23.0 Å². The fourth-order valence-corrected chi connectivity index (χ4v) is 5.49. The van der Waals surface area contributed by atoms with Gasteiger partial charge in [-0.15, -0.1) is 0 Å². The van der Waals surface area contributed by atoms with Crippen LogP contribution in [0.5, 0.6) is 11.5 Å². The molecule has 1 amide bonds. The van der Waals surface area contributed by atoms with E-state index in [1.54, 1.807) is 30.3 Å². The first-order valence-electron chi connectivity index (χ1n) is 13.3. The Balaban J connectivity index is 1.42. The van der Waals surface area contributed by atoms with Crippen LogP contribution in [-0.4, -0.2) is 26.3 Å². The second-order valence-electron chi connectivity index (χ2n) is 9.73. The quantitative estimate of drug-likeness (QED) is 0.150. The maximum atomic E-state index is 13.7. The average Bonchev–Trinajstić information content (AvgIpc) is 3.54. The van der Waals surface area contributed by atoms with Gasteiger partial charge in [0, 0.05) is 12.1 Å². The van der Waals surface area contributed by atoms with Crippen LogP contribution < -0.4 is 8.92 Å². The minimum Gasteiger partial charge on any atom is -0.493 e. The number of furan rings is 1. The van der Waals surface area contributed by atoms with E-state index in [0.717, 1.165) is 29.3 Å². The lowest BCUT2D eigenvalue weighted by Crippen LogP contribution is -2.30. The Labute approximate surface area is 252 Å². The Morgan fingerprint density at radius 3 is 2.18 bits per heavy atom. The smallest absolute Gasteiger partial charge is 0.416 e. The third-order valence-corrected chi connectivity index (χ3v) is 7.93. The van der Waals surface area contributed by atoms with Crippen molar-refractivity contribution in [3.63, 3.8) is 0 Å². The molecule has 0 atom stereocenters. The predicted molar refractivity (Wildman–Crippen MR) is 156 cm³/mol. The first-order valence-corrected chi connectivity index (χ1v) is 14.7. The van der Waals surface area contributed by atoms with Crippen molar-refractivity contribution in [3.8, 4) is 22.6 Å². The summed E-state index contributed by atoms with van der Waals surface area (Å²) in [4.78, 5) is 14.5. The molecule has 0 unspecified atom stereocenters. The molecule has 1 aromatic heterocycles. The van der Waals surface area contributed by atoms with Crippen molar-refractivity contribution in [1.82, 2.24) is 4.90 Å². The minimum absolute atomic E-state index is 0.0178. The largest absolute Gasteiger partial charge is 0.493 e. The SMILES string of the molecule is COc1ccc(CN(Cc2ccco2)C(=O)c2ccc(-c3ccccc3)cc2)cc1OS(=O)(=O)c1cccc(C(F)(F)F)c1. The monoisotopic (exact) mass is 621 g/mol. The fraction of sp³-hybridized carbons (Fsp3) is 0.121. The molecule has 1 heterocycles. The van der Waals surface area contributed by atoms with Gasteiger partial charge in [0.2, 0.25) is 0 Å². The van der Waals surface area contributed by atoms with Crippen LogP contribution in [0.2, 0.25) is 0 Å². The van der Waals surface area contributed by atoms with Gasteiger partial charge in [0.25, 0.3) is 5.91 Å². The maximum absolute atomic E-state index is 13.7. The van der Waals surface area contributed by atoms with E-state index in [1.807, 2.05) is 42.5 Å². The summed E-state index contributed by atoms with van der Waals surface area (Å²) >= 11 is 0. The van der Waals surface area contributed by atoms with Crippen molar-refractivity contribution in [3.05, 3.63) is 138 Å². The van der Waals surface area contributed by atoms with Gasteiger partial charge in [0.05, 0.1) is 25.5 Å². The number of carbonyl (C=O) groups is 1. The van der Waals surface area contributed by atoms with E-state index in [-0.39, 0.29) is 30.5 Å². The van der Waals surface area contributed by atoms with Gasteiger partial charge in [-0.3, -0.25) is 4.79 Å². The van der Waals surface area contributed by atoms with Crippen LogP contribution in [0.4, 0.5) is 13.2 Å². The molecule has 226 valence electrons. The summed E-state index contributed by atoms with van der Waals surface area (Å²) in [5.74, 6) is -0.00279. The summed E-state index contributed by atoms with van der Waals surface area (Å²) in [5.41, 5.74) is 1.71. The predicted octanol–water partition coefficient (Wildman–Crippen LogP) is 7.58. The molecular formula is C33H26F3NO6S. The molecule has 4 aromatic carbocycles. The van der Waals surface area contributed by atoms with Crippen molar-refractivity contribution in [2.24, 2.45) is 0 Å². The van der Waals surface area contributed by atoms with Crippen LogP contribution in [0.15, 0.2) is 125 Å². The summed E-state index contributed by atoms with van der Waals surface area (Å²) in [5, 5.41) is 0. The van der Waals surface area contributed by atoms with E-state index >= 15 is 0 Å². The van der Waals surface area contributed by atoms with Crippen LogP contribution in [-0.2, 0) is 29.4 Å². The Morgan fingerprint density at radius 1 is 0.795 bits per heavy atom. The molecule has 0 aliphatic carbocycles. The van der Waals surface area contributed by atoms with E-state index < -0.39 is 26.8 Å². The highest BCUT2D eigenvalue weighted by Crippen LogP contribution is 2.34. The third kappa shape index (κ3) is 7.12. The first-order chi connectivity index (χ1) is 21.0. The number of methoxy groups -OCH3 is 1. The molecule has 0 aliphatic heterocycles. The van der Waals surface area contributed by atoms with Crippen LogP contribution in [0, 0.1) is 0 Å². The topological polar surface area (TPSA) is 86.0 Å². The molecular weight excluding hydrogens is 595 g/mol. The number of carbonyl (C=O) groups excluding carboxylic acids is 1. The van der Waals surface area contributed by atoms with Crippen molar-refractivity contribution < 1.29 is 39.7 Å². The zero-order valence-corrected chi connectivity index (χ0v) is 24.1. The molecule has 5 aromatic rings. The van der Waals surface area contributed by atoms with Crippen molar-refractivity contribution in [2.75, 3.05) is 7.11 Å². The lowest BCUT2D eigenvalue weighted by atomic mass is 10.0. The number of benzene rings is 4. The van der Waals surface area contributed by atoms with Gasteiger partial charge < -0.3 is 18.2 Å². The molecule has 11 heteroatoms. The lowest BCUT2D eigenvalue weighted by molar-refractivity contribution is -0.137. The number of ether oxygens (including phenoxy) is 1. The van der Waals surface area contributed by atoms with Gasteiger partial charge in [-0.25, -0.2) is 0 Å². The summed E-state index contributed by atoms with van der Waals surface area (Å²) < 4.78 is 81.6. The standard InChI is InChI=1S/C33H26F3NO6S/c1-41-30-17-12-23(19-31(30)43-44(39,40)29-11-5-9-27(20-29)33(34,35)36)21-37(22-28-10-6-18-42-28)32(38)26-15-13-25(14-16-26)24-7-3-2-4-8-24/h2-20H,21-22H2,1H3. The van der Waals surface area contributed by atoms with E-state index in [1.165, 1.54) is 30.4 Å². The number of alkyl halides is 3. The summed E-state index contributed by atoms with van der Waals surface area (Å²) in [6.07, 6.45) is -3.25. The first kappa shape index (κ1) is 30.4. The van der Waals surface area contributed by atoms with Crippen LogP contribution >= 0.6 is 0 Å². The van der Waals surface area contributed by atoms with Gasteiger partial charge in [0.15, 0.2) is 11.5 Å². The maximum Gasteiger partial charge on any atom is 0.416 e. The number of nitrogens with zero attached hydrogens (tertiary/aromatic N) is 1. The van der Waals surface area contributed by atoms with E-state index in [9.17, 15) is 26.4 Å². The van der Waals surface area contributed by atoms with Crippen molar-refractivity contribution in [1.29, 1.82) is 0 Å². The normalized spacial score (nSPS) is 11.6. The Kier molecular flexibility index (Phi) is 8.77. The van der Waals surface area contributed by atoms with E-state index in [2.05, 4.69) is 0 Å². The zero-order valence-electron chi connectivity index (χ0n) is 23.3. The molecule has 5 rings (SSSR count). The van der Waals surface area contributed by atoms with Crippen molar-refractivity contribution >= 4 is 16.0 Å². The molecule has 44 heavy (non-hydrogen) atoms. The van der Waals surface area contributed by atoms with Gasteiger partial charge in [-0.1, -0.05) is 54.6 Å². The second-order valence-corrected chi connectivity index (χ2v) is 11.3. The van der Waals surface area contributed by atoms with Crippen molar-refractivity contribution in [2.45, 2.75) is 24.2 Å². The van der Waals surface area contributed by atoms with Crippen LogP contribution in [0.1, 0.15) is 27.2 Å². The molecule has 0 bridgehead atoms. The second kappa shape index (κ2) is 12.7. The highest BCUT2D eigenvalue weighted by atomic mass is 32.2. The molecule has 0 N–H and O–H groups in total. The van der Waals surface area contributed by atoms with Gasteiger partial charge >= 0.3 is 16.3 Å². The molecule has 7 nitrogen and oxygen atoms in total. The Bertz CT molecular complexity index is 1840. The minimum atomic E-state index is -4.74. The average molecular weight is 622 g/mol. The lowest BCUT2D eigenvalue weighted by Gasteiger charge is -2.23. The van der Waals surface area contributed by atoms with Crippen LogP contribution in [0.25, 0.3) is 11.1 Å². The summed E-state index contributed by atoms with van der Waals surface area (Å²) in [6, 6.07) is 28.0. The zero-order chi connectivity index (χ0) is 31.3. The Hall–Kier alpha value is -5.03. The number of rotatable bonds is 10. The Morgan fingerprint density at radius 2 is 1.52 bits per heavy atom. The van der Waals surface area contributed by atoms with Gasteiger partial charge in [-0.05, 0) is 71.3 Å². The highest BCUT2D eigenvalue weighted by Gasteiger charge is 2.32. The number of amides is 1. The van der Waals surface area contributed by atoms with Crippen LogP contribution in [0.3, 0.4) is 0 Å². The summed E-state index contributed by atoms with van der Waals surface area (Å²) in [6.45, 7) is 0.126. The molecule has 0 fully saturated rings.